The minimum Gasteiger partial charge on any atom is -0.363 e. The number of hydrogen-bond donors (Lipinski definition) is 1. The summed E-state index contributed by atoms with van der Waals surface area (Å²) < 4.78 is 15.2. The summed E-state index contributed by atoms with van der Waals surface area (Å²) in [4.78, 5) is 0. The first-order valence-electron chi connectivity index (χ1n) is 7.36. The van der Waals surface area contributed by atoms with Crippen LogP contribution in [0.15, 0.2) is 36.4 Å². The lowest BCUT2D eigenvalue weighted by Gasteiger charge is -2.09. The summed E-state index contributed by atoms with van der Waals surface area (Å²) in [7, 11) is 1.91. The zero-order valence-corrected chi connectivity index (χ0v) is 13.3. The molecule has 0 unspecified atom stereocenters. The Labute approximate surface area is 134 Å². The number of benzene rings is 1. The van der Waals surface area contributed by atoms with E-state index in [2.05, 4.69) is 20.6 Å². The molecule has 0 saturated carbocycles. The maximum atomic E-state index is 13.3. The van der Waals surface area contributed by atoms with E-state index in [1.54, 1.807) is 6.07 Å². The van der Waals surface area contributed by atoms with Crippen molar-refractivity contribution < 1.29 is 4.39 Å². The Kier molecular flexibility index (Phi) is 4.06. The zero-order chi connectivity index (χ0) is 16.4. The average Bonchev–Trinajstić information content (AvgIpc) is 2.84. The molecule has 3 rings (SSSR count). The largest absolute Gasteiger partial charge is 0.363 e. The second kappa shape index (κ2) is 6.16. The van der Waals surface area contributed by atoms with Crippen LogP contribution in [0.4, 0.5) is 10.2 Å². The van der Waals surface area contributed by atoms with Crippen molar-refractivity contribution in [2.24, 2.45) is 7.05 Å². The lowest BCUT2D eigenvalue weighted by atomic mass is 10.1. The van der Waals surface area contributed by atoms with Gasteiger partial charge in [0.2, 0.25) is 0 Å². The van der Waals surface area contributed by atoms with Gasteiger partial charge in [0.05, 0.1) is 23.6 Å². The summed E-state index contributed by atoms with van der Waals surface area (Å²) >= 11 is 0. The van der Waals surface area contributed by atoms with Gasteiger partial charge in [0.25, 0.3) is 0 Å². The number of nitrogens with zero attached hydrogens (tertiary/aromatic N) is 4. The van der Waals surface area contributed by atoms with Crippen molar-refractivity contribution >= 4 is 5.82 Å². The number of rotatable bonds is 4. The van der Waals surface area contributed by atoms with Crippen molar-refractivity contribution in [2.45, 2.75) is 20.4 Å². The van der Waals surface area contributed by atoms with Crippen LogP contribution in [0, 0.1) is 19.7 Å². The highest BCUT2D eigenvalue weighted by Crippen LogP contribution is 2.21. The fourth-order valence-electron chi connectivity index (χ4n) is 2.45. The van der Waals surface area contributed by atoms with Gasteiger partial charge in [-0.3, -0.25) is 4.68 Å². The van der Waals surface area contributed by atoms with Gasteiger partial charge in [-0.15, -0.1) is 10.2 Å². The van der Waals surface area contributed by atoms with Crippen molar-refractivity contribution in [1.29, 1.82) is 0 Å². The van der Waals surface area contributed by atoms with E-state index in [0.29, 0.717) is 18.1 Å². The second-order valence-electron chi connectivity index (χ2n) is 5.53. The monoisotopic (exact) mass is 311 g/mol. The molecule has 1 aromatic carbocycles. The Morgan fingerprint density at radius 1 is 1.13 bits per heavy atom. The quantitative estimate of drug-likeness (QED) is 0.803. The third-order valence-corrected chi connectivity index (χ3v) is 3.64. The first-order chi connectivity index (χ1) is 11.0. The molecule has 0 atom stereocenters. The minimum atomic E-state index is -0.282. The smallest absolute Gasteiger partial charge is 0.151 e. The van der Waals surface area contributed by atoms with Crippen LogP contribution in [0.1, 0.15) is 17.0 Å². The second-order valence-corrected chi connectivity index (χ2v) is 5.53. The maximum Gasteiger partial charge on any atom is 0.151 e. The molecule has 0 radical (unpaired) electrons. The van der Waals surface area contributed by atoms with E-state index in [0.717, 1.165) is 22.5 Å². The molecule has 0 saturated heterocycles. The predicted molar refractivity (Wildman–Crippen MR) is 87.4 cm³/mol. The summed E-state index contributed by atoms with van der Waals surface area (Å²) in [6.45, 7) is 4.53. The van der Waals surface area contributed by atoms with E-state index in [-0.39, 0.29) is 5.82 Å². The van der Waals surface area contributed by atoms with Crippen molar-refractivity contribution in [3.05, 3.63) is 59.2 Å². The van der Waals surface area contributed by atoms with Gasteiger partial charge in [-0.1, -0.05) is 12.1 Å². The van der Waals surface area contributed by atoms with E-state index in [1.807, 2.05) is 43.8 Å². The van der Waals surface area contributed by atoms with E-state index in [1.165, 1.54) is 12.1 Å². The Hall–Kier alpha value is -2.76. The number of halogens is 1. The van der Waals surface area contributed by atoms with Gasteiger partial charge < -0.3 is 5.32 Å². The normalized spacial score (nSPS) is 10.8. The Morgan fingerprint density at radius 2 is 1.96 bits per heavy atom. The molecule has 0 amide bonds. The Balaban J connectivity index is 1.78. The van der Waals surface area contributed by atoms with Gasteiger partial charge >= 0.3 is 0 Å². The molecular formula is C17H18FN5. The molecule has 0 fully saturated rings. The molecular weight excluding hydrogens is 293 g/mol. The molecule has 2 heterocycles. The molecule has 0 aliphatic carbocycles. The van der Waals surface area contributed by atoms with Crippen molar-refractivity contribution in [3.8, 4) is 11.3 Å². The Morgan fingerprint density at radius 3 is 2.61 bits per heavy atom. The van der Waals surface area contributed by atoms with Gasteiger partial charge in [0, 0.05) is 12.6 Å². The predicted octanol–water partition coefficient (Wildman–Crippen LogP) is 3.25. The molecule has 0 aliphatic heterocycles. The highest BCUT2D eigenvalue weighted by atomic mass is 19.1. The molecule has 0 spiro atoms. The van der Waals surface area contributed by atoms with Crippen molar-refractivity contribution in [1.82, 2.24) is 20.0 Å². The van der Waals surface area contributed by atoms with E-state index in [9.17, 15) is 4.39 Å². The minimum absolute atomic E-state index is 0.282. The summed E-state index contributed by atoms with van der Waals surface area (Å²) in [6.07, 6.45) is 0. The van der Waals surface area contributed by atoms with Crippen LogP contribution in [0.3, 0.4) is 0 Å². The summed E-state index contributed by atoms with van der Waals surface area (Å²) in [5.41, 5.74) is 4.38. The average molecular weight is 311 g/mol. The SMILES string of the molecule is Cc1cc(CNc2nnc(-c3cccc(F)c3)cc2C)n(C)n1. The molecule has 3 aromatic rings. The summed E-state index contributed by atoms with van der Waals surface area (Å²) in [5, 5.41) is 16.0. The van der Waals surface area contributed by atoms with Gasteiger partial charge in [0.15, 0.2) is 5.82 Å². The van der Waals surface area contributed by atoms with Crippen LogP contribution in [0.2, 0.25) is 0 Å². The van der Waals surface area contributed by atoms with Crippen LogP contribution in [-0.2, 0) is 13.6 Å². The molecule has 0 bridgehead atoms. The van der Waals surface area contributed by atoms with Crippen molar-refractivity contribution in [3.63, 3.8) is 0 Å². The fraction of sp³-hybridized carbons (Fsp3) is 0.235. The molecule has 23 heavy (non-hydrogen) atoms. The summed E-state index contributed by atoms with van der Waals surface area (Å²) in [5.74, 6) is 0.430. The topological polar surface area (TPSA) is 55.6 Å². The van der Waals surface area contributed by atoms with Crippen LogP contribution in [0.25, 0.3) is 11.3 Å². The third-order valence-electron chi connectivity index (χ3n) is 3.64. The first-order valence-corrected chi connectivity index (χ1v) is 7.36. The fourth-order valence-corrected chi connectivity index (χ4v) is 2.45. The Bertz CT molecular complexity index is 841. The number of hydrogen-bond acceptors (Lipinski definition) is 4. The van der Waals surface area contributed by atoms with Gasteiger partial charge in [-0.2, -0.15) is 5.10 Å². The van der Waals surface area contributed by atoms with Crippen LogP contribution >= 0.6 is 0 Å². The molecule has 5 nitrogen and oxygen atoms in total. The maximum absolute atomic E-state index is 13.3. The molecule has 118 valence electrons. The highest BCUT2D eigenvalue weighted by molar-refractivity contribution is 5.61. The third kappa shape index (κ3) is 3.36. The first kappa shape index (κ1) is 15.1. The van der Waals surface area contributed by atoms with Gasteiger partial charge in [-0.25, -0.2) is 4.39 Å². The lowest BCUT2D eigenvalue weighted by Crippen LogP contribution is -2.08. The van der Waals surface area contributed by atoms with E-state index >= 15 is 0 Å². The van der Waals surface area contributed by atoms with Crippen LogP contribution in [0.5, 0.6) is 0 Å². The lowest BCUT2D eigenvalue weighted by molar-refractivity contribution is 0.628. The molecule has 0 aliphatic rings. The standard InChI is InChI=1S/C17H18FN5/c1-11-7-16(13-5-4-6-14(18)9-13)20-21-17(11)19-10-15-8-12(2)22-23(15)3/h4-9H,10H2,1-3H3,(H,19,21). The van der Waals surface area contributed by atoms with Crippen LogP contribution in [-0.4, -0.2) is 20.0 Å². The van der Waals surface area contributed by atoms with Crippen LogP contribution < -0.4 is 5.32 Å². The zero-order valence-electron chi connectivity index (χ0n) is 13.3. The molecule has 6 heteroatoms. The van der Waals surface area contributed by atoms with Gasteiger partial charge in [-0.05, 0) is 43.7 Å². The summed E-state index contributed by atoms with van der Waals surface area (Å²) in [6, 6.07) is 10.3. The molecule has 1 N–H and O–H groups in total. The highest BCUT2D eigenvalue weighted by Gasteiger charge is 2.08. The number of anilines is 1. The van der Waals surface area contributed by atoms with Crippen molar-refractivity contribution in [2.75, 3.05) is 5.32 Å². The van der Waals surface area contributed by atoms with Gasteiger partial charge in [0.1, 0.15) is 5.82 Å². The number of nitrogens with one attached hydrogen (secondary N) is 1. The molecule has 2 aromatic heterocycles. The number of aromatic nitrogens is 4. The van der Waals surface area contributed by atoms with E-state index < -0.39 is 0 Å². The number of aryl methyl sites for hydroxylation is 3. The van der Waals surface area contributed by atoms with E-state index in [4.69, 9.17) is 0 Å².